The highest BCUT2D eigenvalue weighted by atomic mass is 16.4. The van der Waals surface area contributed by atoms with E-state index in [9.17, 15) is 19.8 Å². The first-order valence-electron chi connectivity index (χ1n) is 14.4. The molecule has 0 spiro atoms. The lowest BCUT2D eigenvalue weighted by atomic mass is 9.93. The molecule has 218 valence electrons. The van der Waals surface area contributed by atoms with E-state index in [-0.39, 0.29) is 24.9 Å². The SMILES string of the molecule is C=CC1=C(C)C2=N/C1=C\c1[nH]c(c(CCC(=O)O)c1C)CC1N=C(/C=C3\NC(C2)C(C=C)=C3C)C(C)=C1CCC(=O)O. The average Bonchev–Trinajstić information content (AvgIpc) is 3.59. The van der Waals surface area contributed by atoms with Crippen molar-refractivity contribution < 1.29 is 19.8 Å². The van der Waals surface area contributed by atoms with Gasteiger partial charge in [0.15, 0.2) is 0 Å². The van der Waals surface area contributed by atoms with Gasteiger partial charge >= 0.3 is 11.9 Å². The maximum absolute atomic E-state index is 11.5. The molecule has 5 rings (SSSR count). The summed E-state index contributed by atoms with van der Waals surface area (Å²) in [6, 6.07) is -0.260. The number of fused-ring (bicyclic) bond motifs is 6. The Hall–Kier alpha value is -4.46. The number of aliphatic carboxylic acids is 2. The van der Waals surface area contributed by atoms with Crippen LogP contribution in [0.5, 0.6) is 0 Å². The summed E-state index contributed by atoms with van der Waals surface area (Å²) in [5, 5.41) is 22.6. The lowest BCUT2D eigenvalue weighted by Gasteiger charge is -2.15. The number of nitrogens with one attached hydrogen (secondary N) is 2. The summed E-state index contributed by atoms with van der Waals surface area (Å²) in [6.07, 6.45) is 9.84. The van der Waals surface area contributed by atoms with Gasteiger partial charge in [0.05, 0.1) is 23.5 Å². The predicted molar refractivity (Wildman–Crippen MR) is 167 cm³/mol. The van der Waals surface area contributed by atoms with Crippen LogP contribution in [0.4, 0.5) is 0 Å². The van der Waals surface area contributed by atoms with E-state index >= 15 is 0 Å². The molecule has 0 aliphatic carbocycles. The van der Waals surface area contributed by atoms with Crippen LogP contribution in [-0.2, 0) is 22.4 Å². The molecule has 8 bridgehead atoms. The molecular weight excluding hydrogens is 528 g/mol. The molecule has 0 amide bonds. The van der Waals surface area contributed by atoms with Crippen molar-refractivity contribution in [2.45, 2.75) is 78.3 Å². The average molecular weight is 567 g/mol. The highest BCUT2D eigenvalue weighted by Gasteiger charge is 2.32. The van der Waals surface area contributed by atoms with Crippen molar-refractivity contribution in [3.63, 3.8) is 0 Å². The van der Waals surface area contributed by atoms with E-state index in [4.69, 9.17) is 9.98 Å². The number of allylic oxidation sites excluding steroid dienone is 5. The maximum atomic E-state index is 11.5. The number of nitrogens with zero attached hydrogens (tertiary/aromatic N) is 2. The van der Waals surface area contributed by atoms with Crippen molar-refractivity contribution in [1.29, 1.82) is 0 Å². The van der Waals surface area contributed by atoms with Crippen LogP contribution in [0, 0.1) is 6.92 Å². The minimum absolute atomic E-state index is 0.00390. The minimum Gasteiger partial charge on any atom is -0.481 e. The second kappa shape index (κ2) is 11.4. The minimum atomic E-state index is -0.854. The Balaban J connectivity index is 1.70. The Bertz CT molecular complexity index is 1640. The fourth-order valence-corrected chi connectivity index (χ4v) is 6.54. The second-order valence-electron chi connectivity index (χ2n) is 11.4. The Morgan fingerprint density at radius 2 is 1.69 bits per heavy atom. The summed E-state index contributed by atoms with van der Waals surface area (Å²) in [4.78, 5) is 36.9. The monoisotopic (exact) mass is 566 g/mol. The third-order valence-corrected chi connectivity index (χ3v) is 8.96. The topological polar surface area (TPSA) is 127 Å². The summed E-state index contributed by atoms with van der Waals surface area (Å²) in [5.74, 6) is -1.70. The van der Waals surface area contributed by atoms with E-state index < -0.39 is 11.9 Å². The second-order valence-corrected chi connectivity index (χ2v) is 11.4. The number of aromatic nitrogens is 1. The lowest BCUT2D eigenvalue weighted by molar-refractivity contribution is -0.138. The van der Waals surface area contributed by atoms with Crippen molar-refractivity contribution in [2.24, 2.45) is 9.98 Å². The normalized spacial score (nSPS) is 24.1. The summed E-state index contributed by atoms with van der Waals surface area (Å²) >= 11 is 0. The van der Waals surface area contributed by atoms with Crippen molar-refractivity contribution in [2.75, 3.05) is 0 Å². The number of carbonyl (C=O) groups is 2. The van der Waals surface area contributed by atoms with Crippen LogP contribution in [0.2, 0.25) is 0 Å². The molecule has 4 aliphatic rings. The standard InChI is InChI=1S/C34H38N4O4/c1-7-21-17(3)25-13-26-19(5)23(9-11-33(39)40)31(37-26)16-32-24(10-12-34(41)42)20(6)28(38-32)15-30-22(8-2)18(4)27(36-30)14-29(21)35-25/h7-8,13,15,29,31,35,38H,1-2,9-12,14,16H2,3-6H3,(H,39,40)(H,41,42)/b25-13-,30-15-. The van der Waals surface area contributed by atoms with E-state index in [1.807, 2.05) is 32.1 Å². The molecule has 0 aromatic carbocycles. The molecule has 5 heterocycles. The zero-order valence-corrected chi connectivity index (χ0v) is 24.7. The van der Waals surface area contributed by atoms with Crippen LogP contribution in [0.15, 0.2) is 86.2 Å². The third-order valence-electron chi connectivity index (χ3n) is 8.96. The summed E-state index contributed by atoms with van der Waals surface area (Å²) in [5.41, 5.74) is 13.6. The van der Waals surface area contributed by atoms with Gasteiger partial charge in [-0.1, -0.05) is 25.3 Å². The first-order valence-corrected chi connectivity index (χ1v) is 14.4. The molecule has 1 aromatic heterocycles. The van der Waals surface area contributed by atoms with Crippen molar-refractivity contribution in [3.8, 4) is 0 Å². The molecular formula is C34H38N4O4. The maximum Gasteiger partial charge on any atom is 0.303 e. The number of rotatable bonds is 8. The third kappa shape index (κ3) is 5.29. The highest BCUT2D eigenvalue weighted by Crippen LogP contribution is 2.37. The Morgan fingerprint density at radius 3 is 2.36 bits per heavy atom. The fourth-order valence-electron chi connectivity index (χ4n) is 6.54. The number of carboxylic acids is 2. The summed E-state index contributed by atoms with van der Waals surface area (Å²) < 4.78 is 0. The van der Waals surface area contributed by atoms with Gasteiger partial charge in [0.1, 0.15) is 0 Å². The molecule has 4 aliphatic heterocycles. The number of aliphatic imine (C=N–C) groups is 2. The number of hydrogen-bond acceptors (Lipinski definition) is 5. The molecule has 0 fully saturated rings. The van der Waals surface area contributed by atoms with Gasteiger partial charge in [0, 0.05) is 54.1 Å². The van der Waals surface area contributed by atoms with Crippen molar-refractivity contribution >= 4 is 29.4 Å². The molecule has 42 heavy (non-hydrogen) atoms. The van der Waals surface area contributed by atoms with Crippen LogP contribution in [-0.4, -0.2) is 50.6 Å². The van der Waals surface area contributed by atoms with Gasteiger partial charge in [-0.2, -0.15) is 0 Å². The molecule has 0 saturated carbocycles. The number of aromatic amines is 1. The Morgan fingerprint density at radius 1 is 0.976 bits per heavy atom. The van der Waals surface area contributed by atoms with Gasteiger partial charge in [0.2, 0.25) is 0 Å². The van der Waals surface area contributed by atoms with Gasteiger partial charge in [0.25, 0.3) is 0 Å². The zero-order valence-electron chi connectivity index (χ0n) is 24.7. The van der Waals surface area contributed by atoms with Gasteiger partial charge in [-0.3, -0.25) is 19.6 Å². The molecule has 0 saturated heterocycles. The number of H-pyrrole nitrogens is 1. The van der Waals surface area contributed by atoms with E-state index in [0.717, 1.165) is 78.8 Å². The van der Waals surface area contributed by atoms with E-state index in [1.54, 1.807) is 0 Å². The first-order chi connectivity index (χ1) is 20.0. The predicted octanol–water partition coefficient (Wildman–Crippen LogP) is 5.95. The largest absolute Gasteiger partial charge is 0.481 e. The van der Waals surface area contributed by atoms with Crippen molar-refractivity contribution in [3.05, 3.63) is 98.7 Å². The molecule has 2 atom stereocenters. The summed E-state index contributed by atoms with van der Waals surface area (Å²) in [6.45, 7) is 16.3. The van der Waals surface area contributed by atoms with Crippen LogP contribution in [0.1, 0.15) is 69.0 Å². The van der Waals surface area contributed by atoms with Gasteiger partial charge in [-0.15, -0.1) is 0 Å². The van der Waals surface area contributed by atoms with Crippen LogP contribution < -0.4 is 5.32 Å². The quantitative estimate of drug-likeness (QED) is 0.309. The summed E-state index contributed by atoms with van der Waals surface area (Å²) in [7, 11) is 0. The van der Waals surface area contributed by atoms with Gasteiger partial charge in [-0.25, -0.2) is 0 Å². The molecule has 4 N–H and O–H groups in total. The molecule has 0 radical (unpaired) electrons. The smallest absolute Gasteiger partial charge is 0.303 e. The first kappa shape index (κ1) is 29.0. The van der Waals surface area contributed by atoms with Crippen LogP contribution in [0.25, 0.3) is 6.08 Å². The van der Waals surface area contributed by atoms with Gasteiger partial charge in [-0.05, 0) is 91.7 Å². The van der Waals surface area contributed by atoms with Crippen molar-refractivity contribution in [1.82, 2.24) is 10.3 Å². The number of carboxylic acid groups (broad SMARTS) is 2. The van der Waals surface area contributed by atoms with Crippen LogP contribution in [0.3, 0.4) is 0 Å². The molecule has 8 heteroatoms. The Kier molecular flexibility index (Phi) is 7.91. The van der Waals surface area contributed by atoms with E-state index in [0.29, 0.717) is 25.7 Å². The zero-order chi connectivity index (χ0) is 30.3. The van der Waals surface area contributed by atoms with Gasteiger partial charge < -0.3 is 20.5 Å². The highest BCUT2D eigenvalue weighted by molar-refractivity contribution is 6.11. The van der Waals surface area contributed by atoms with Crippen LogP contribution >= 0.6 is 0 Å². The lowest BCUT2D eigenvalue weighted by Crippen LogP contribution is -2.27. The van der Waals surface area contributed by atoms with E-state index in [2.05, 4.69) is 43.4 Å². The number of hydrogen-bond donors (Lipinski definition) is 4. The Labute approximate surface area is 246 Å². The molecule has 2 unspecified atom stereocenters. The molecule has 1 aromatic rings. The molecule has 8 nitrogen and oxygen atoms in total. The fraction of sp³-hybridized carbons (Fsp3) is 0.353. The van der Waals surface area contributed by atoms with E-state index in [1.165, 1.54) is 0 Å².